The Kier molecular flexibility index (Phi) is 6.13. The zero-order chi connectivity index (χ0) is 19.1. The molecule has 0 amide bonds. The van der Waals surface area contributed by atoms with E-state index >= 15 is 0 Å². The maximum absolute atomic E-state index is 10.8. The quantitative estimate of drug-likeness (QED) is 0.456. The standard InChI is InChI=1S/C23H22N2O2/c1-18(19-12-14-22(15-13-19)25(26)27)24-17-16-23(20-8-4-2-5-9-20)21-10-6-3-7-11-21/h2-16,18,24H,17H2,1H3. The van der Waals surface area contributed by atoms with Crippen LogP contribution in [0.5, 0.6) is 0 Å². The molecule has 0 aliphatic carbocycles. The molecule has 27 heavy (non-hydrogen) atoms. The predicted octanol–water partition coefficient (Wildman–Crippen LogP) is 5.38. The van der Waals surface area contributed by atoms with Crippen LogP contribution in [-0.2, 0) is 0 Å². The van der Waals surface area contributed by atoms with Crippen LogP contribution in [0.4, 0.5) is 5.69 Å². The predicted molar refractivity (Wildman–Crippen MR) is 109 cm³/mol. The van der Waals surface area contributed by atoms with Crippen LogP contribution in [0.2, 0.25) is 0 Å². The largest absolute Gasteiger partial charge is 0.307 e. The number of nitrogens with one attached hydrogen (secondary N) is 1. The van der Waals surface area contributed by atoms with Crippen molar-refractivity contribution >= 4 is 11.3 Å². The lowest BCUT2D eigenvalue weighted by molar-refractivity contribution is -0.384. The molecule has 136 valence electrons. The van der Waals surface area contributed by atoms with E-state index in [-0.39, 0.29) is 16.7 Å². The highest BCUT2D eigenvalue weighted by Gasteiger charge is 2.09. The van der Waals surface area contributed by atoms with Crippen molar-refractivity contribution in [2.75, 3.05) is 6.54 Å². The first-order valence-corrected chi connectivity index (χ1v) is 8.94. The van der Waals surface area contributed by atoms with Crippen LogP contribution >= 0.6 is 0 Å². The van der Waals surface area contributed by atoms with Gasteiger partial charge in [0.2, 0.25) is 0 Å². The number of nitrogens with zero attached hydrogens (tertiary/aromatic N) is 1. The fourth-order valence-electron chi connectivity index (χ4n) is 2.98. The number of benzene rings is 3. The summed E-state index contributed by atoms with van der Waals surface area (Å²) in [6.07, 6.45) is 2.19. The molecule has 1 unspecified atom stereocenters. The first-order valence-electron chi connectivity index (χ1n) is 8.94. The van der Waals surface area contributed by atoms with Gasteiger partial charge in [-0.05, 0) is 29.2 Å². The molecule has 0 aliphatic heterocycles. The lowest BCUT2D eigenvalue weighted by Crippen LogP contribution is -2.18. The fraction of sp³-hybridized carbons (Fsp3) is 0.130. The SMILES string of the molecule is CC(NCC=C(c1ccccc1)c1ccccc1)c1ccc([N+](=O)[O-])cc1. The minimum Gasteiger partial charge on any atom is -0.307 e. The molecule has 0 bridgehead atoms. The number of non-ortho nitro benzene ring substituents is 1. The third-order valence-electron chi connectivity index (χ3n) is 4.50. The number of nitro groups is 1. The Labute approximate surface area is 159 Å². The normalized spacial score (nSPS) is 11.6. The molecule has 3 aromatic carbocycles. The Morgan fingerprint density at radius 2 is 1.44 bits per heavy atom. The molecule has 0 radical (unpaired) electrons. The van der Waals surface area contributed by atoms with E-state index in [0.717, 1.165) is 5.56 Å². The van der Waals surface area contributed by atoms with Gasteiger partial charge in [-0.3, -0.25) is 10.1 Å². The third kappa shape index (κ3) is 4.90. The topological polar surface area (TPSA) is 55.2 Å². The number of hydrogen-bond acceptors (Lipinski definition) is 3. The highest BCUT2D eigenvalue weighted by atomic mass is 16.6. The van der Waals surface area contributed by atoms with Crippen LogP contribution in [0, 0.1) is 10.1 Å². The van der Waals surface area contributed by atoms with E-state index in [1.165, 1.54) is 16.7 Å². The molecular weight excluding hydrogens is 336 g/mol. The van der Waals surface area contributed by atoms with Crippen LogP contribution < -0.4 is 5.32 Å². The van der Waals surface area contributed by atoms with Gasteiger partial charge < -0.3 is 5.32 Å². The molecule has 3 aromatic rings. The Balaban J connectivity index is 1.74. The zero-order valence-corrected chi connectivity index (χ0v) is 15.2. The molecule has 0 aliphatic rings. The van der Waals surface area contributed by atoms with Gasteiger partial charge in [0.05, 0.1) is 4.92 Å². The summed E-state index contributed by atoms with van der Waals surface area (Å²) in [5.74, 6) is 0. The second-order valence-corrected chi connectivity index (χ2v) is 6.33. The highest BCUT2D eigenvalue weighted by Crippen LogP contribution is 2.23. The summed E-state index contributed by atoms with van der Waals surface area (Å²) in [6, 6.07) is 27.4. The van der Waals surface area contributed by atoms with Crippen LogP contribution in [-0.4, -0.2) is 11.5 Å². The first kappa shape index (κ1) is 18.5. The maximum atomic E-state index is 10.8. The van der Waals surface area contributed by atoms with Crippen LogP contribution in [0.25, 0.3) is 5.57 Å². The molecular formula is C23H22N2O2. The average Bonchev–Trinajstić information content (AvgIpc) is 2.72. The number of nitro benzene ring substituents is 1. The van der Waals surface area contributed by atoms with Crippen molar-refractivity contribution in [2.45, 2.75) is 13.0 Å². The van der Waals surface area contributed by atoms with Gasteiger partial charge in [-0.1, -0.05) is 78.9 Å². The summed E-state index contributed by atoms with van der Waals surface area (Å²) >= 11 is 0. The van der Waals surface area contributed by atoms with Gasteiger partial charge in [0.1, 0.15) is 0 Å². The van der Waals surface area contributed by atoms with E-state index in [1.54, 1.807) is 24.3 Å². The Bertz CT molecular complexity index is 863. The van der Waals surface area contributed by atoms with E-state index in [0.29, 0.717) is 6.54 Å². The summed E-state index contributed by atoms with van der Waals surface area (Å²) < 4.78 is 0. The summed E-state index contributed by atoms with van der Waals surface area (Å²) in [7, 11) is 0. The second-order valence-electron chi connectivity index (χ2n) is 6.33. The van der Waals surface area contributed by atoms with Crippen molar-refractivity contribution in [3.63, 3.8) is 0 Å². The van der Waals surface area contributed by atoms with Gasteiger partial charge in [-0.15, -0.1) is 0 Å². The Hall–Kier alpha value is -3.24. The molecule has 4 nitrogen and oxygen atoms in total. The van der Waals surface area contributed by atoms with E-state index in [2.05, 4.69) is 42.6 Å². The summed E-state index contributed by atoms with van der Waals surface area (Å²) in [5.41, 5.74) is 4.66. The van der Waals surface area contributed by atoms with E-state index in [4.69, 9.17) is 0 Å². The lowest BCUT2D eigenvalue weighted by atomic mass is 9.97. The van der Waals surface area contributed by atoms with Crippen LogP contribution in [0.3, 0.4) is 0 Å². The number of rotatable bonds is 7. The van der Waals surface area contributed by atoms with Crippen molar-refractivity contribution < 1.29 is 4.92 Å². The van der Waals surface area contributed by atoms with E-state index < -0.39 is 0 Å². The first-order chi connectivity index (χ1) is 13.1. The van der Waals surface area contributed by atoms with Crippen molar-refractivity contribution in [3.05, 3.63) is 118 Å². The maximum Gasteiger partial charge on any atom is 0.269 e. The molecule has 3 rings (SSSR count). The van der Waals surface area contributed by atoms with Gasteiger partial charge in [-0.2, -0.15) is 0 Å². The van der Waals surface area contributed by atoms with Gasteiger partial charge in [0.25, 0.3) is 5.69 Å². The molecule has 0 saturated heterocycles. The molecule has 1 atom stereocenters. The van der Waals surface area contributed by atoms with Crippen molar-refractivity contribution in [2.24, 2.45) is 0 Å². The Morgan fingerprint density at radius 3 is 1.93 bits per heavy atom. The van der Waals surface area contributed by atoms with Gasteiger partial charge >= 0.3 is 0 Å². The number of hydrogen-bond donors (Lipinski definition) is 1. The molecule has 4 heteroatoms. The van der Waals surface area contributed by atoms with Crippen molar-refractivity contribution in [3.8, 4) is 0 Å². The summed E-state index contributed by atoms with van der Waals surface area (Å²) in [6.45, 7) is 2.75. The minimum atomic E-state index is -0.378. The van der Waals surface area contributed by atoms with E-state index in [1.807, 2.05) is 36.4 Å². The Morgan fingerprint density at radius 1 is 0.926 bits per heavy atom. The monoisotopic (exact) mass is 358 g/mol. The summed E-state index contributed by atoms with van der Waals surface area (Å²) in [4.78, 5) is 10.4. The minimum absolute atomic E-state index is 0.0925. The zero-order valence-electron chi connectivity index (χ0n) is 15.2. The second kappa shape index (κ2) is 8.92. The fourth-order valence-corrected chi connectivity index (χ4v) is 2.98. The van der Waals surface area contributed by atoms with Crippen LogP contribution in [0.1, 0.15) is 29.7 Å². The van der Waals surface area contributed by atoms with Crippen molar-refractivity contribution in [1.82, 2.24) is 5.32 Å². The molecule has 0 spiro atoms. The third-order valence-corrected chi connectivity index (χ3v) is 4.50. The average molecular weight is 358 g/mol. The lowest BCUT2D eigenvalue weighted by Gasteiger charge is -2.14. The van der Waals surface area contributed by atoms with Crippen LogP contribution in [0.15, 0.2) is 91.0 Å². The van der Waals surface area contributed by atoms with Crippen molar-refractivity contribution in [1.29, 1.82) is 0 Å². The van der Waals surface area contributed by atoms with Gasteiger partial charge in [0, 0.05) is 24.7 Å². The smallest absolute Gasteiger partial charge is 0.269 e. The summed E-state index contributed by atoms with van der Waals surface area (Å²) in [5, 5.41) is 14.3. The molecule has 0 saturated carbocycles. The molecule has 0 fully saturated rings. The highest BCUT2D eigenvalue weighted by molar-refractivity contribution is 5.79. The van der Waals surface area contributed by atoms with Gasteiger partial charge in [-0.25, -0.2) is 0 Å². The molecule has 0 heterocycles. The van der Waals surface area contributed by atoms with Gasteiger partial charge in [0.15, 0.2) is 0 Å². The molecule has 1 N–H and O–H groups in total. The van der Waals surface area contributed by atoms with E-state index in [9.17, 15) is 10.1 Å². The molecule has 0 aromatic heterocycles.